The van der Waals surface area contributed by atoms with Crippen LogP contribution < -0.4 is 4.72 Å². The monoisotopic (exact) mass is 398 g/mol. The van der Waals surface area contributed by atoms with Gasteiger partial charge in [-0.05, 0) is 39.3 Å². The van der Waals surface area contributed by atoms with Crippen molar-refractivity contribution in [2.24, 2.45) is 0 Å². The van der Waals surface area contributed by atoms with Crippen LogP contribution in [0, 0.1) is 17.0 Å². The summed E-state index contributed by atoms with van der Waals surface area (Å²) in [6.45, 7) is 7.34. The van der Waals surface area contributed by atoms with E-state index in [0.29, 0.717) is 11.3 Å². The number of hydrogen-bond acceptors (Lipinski definition) is 5. The van der Waals surface area contributed by atoms with Crippen LogP contribution >= 0.6 is 0 Å². The lowest BCUT2D eigenvalue weighted by Crippen LogP contribution is -2.66. The van der Waals surface area contributed by atoms with Crippen LogP contribution in [0.1, 0.15) is 52.0 Å². The summed E-state index contributed by atoms with van der Waals surface area (Å²) in [5.74, 6) is -0.858. The topological polar surface area (TPSA) is 90.7 Å². The standard InChI is InChI=1S/C19H30N2O5S/c1-5-6-7-8-17(20-27(24)16-11-9-15(2)10-12-16)19(21(22)23)13-25-18(3,4)26-14-19/h9-12,17,20H,5-8,13-14H2,1-4H3. The summed E-state index contributed by atoms with van der Waals surface area (Å²) < 4.78 is 27.1. The SMILES string of the molecule is CCCCCC(NS(=O)c1ccc(C)cc1)C1([N+](=O)[O-])COC(C)(C)OC1. The van der Waals surface area contributed by atoms with Crippen LogP contribution in [-0.4, -0.2) is 39.7 Å². The lowest BCUT2D eigenvalue weighted by Gasteiger charge is -2.41. The first-order chi connectivity index (χ1) is 12.7. The van der Waals surface area contributed by atoms with Gasteiger partial charge in [-0.1, -0.05) is 43.9 Å². The van der Waals surface area contributed by atoms with Gasteiger partial charge >= 0.3 is 0 Å². The molecule has 7 nitrogen and oxygen atoms in total. The summed E-state index contributed by atoms with van der Waals surface area (Å²) in [5.41, 5.74) is -0.405. The first-order valence-corrected chi connectivity index (χ1v) is 10.5. The predicted octanol–water partition coefficient (Wildman–Crippen LogP) is 3.35. The molecular weight excluding hydrogens is 368 g/mol. The minimum absolute atomic E-state index is 0.0815. The van der Waals surface area contributed by atoms with Gasteiger partial charge in [0.2, 0.25) is 0 Å². The van der Waals surface area contributed by atoms with Gasteiger partial charge in [-0.2, -0.15) is 0 Å². The molecule has 2 atom stereocenters. The smallest absolute Gasteiger partial charge is 0.283 e. The highest BCUT2D eigenvalue weighted by molar-refractivity contribution is 7.83. The van der Waals surface area contributed by atoms with Crippen LogP contribution in [0.25, 0.3) is 0 Å². The number of nitro groups is 1. The first kappa shape index (κ1) is 21.9. The molecule has 0 radical (unpaired) electrons. The van der Waals surface area contributed by atoms with E-state index in [1.54, 1.807) is 26.0 Å². The Bertz CT molecular complexity index is 653. The van der Waals surface area contributed by atoms with Crippen molar-refractivity contribution in [1.29, 1.82) is 0 Å². The number of unbranched alkanes of at least 4 members (excludes halogenated alkanes) is 2. The third-order valence-corrected chi connectivity index (χ3v) is 6.13. The van der Waals surface area contributed by atoms with Crippen LogP contribution in [0.3, 0.4) is 0 Å². The van der Waals surface area contributed by atoms with Crippen molar-refractivity contribution >= 4 is 11.0 Å². The van der Waals surface area contributed by atoms with Gasteiger partial charge in [-0.15, -0.1) is 0 Å². The van der Waals surface area contributed by atoms with Crippen molar-refractivity contribution in [2.75, 3.05) is 13.2 Å². The zero-order valence-corrected chi connectivity index (χ0v) is 17.3. The van der Waals surface area contributed by atoms with E-state index in [-0.39, 0.29) is 18.1 Å². The lowest BCUT2D eigenvalue weighted by atomic mass is 9.88. The van der Waals surface area contributed by atoms with Gasteiger partial charge < -0.3 is 9.47 Å². The molecule has 1 aromatic rings. The molecule has 0 aliphatic carbocycles. The summed E-state index contributed by atoms with van der Waals surface area (Å²) in [6, 6.07) is 6.67. The number of aryl methyl sites for hydroxylation is 1. The molecule has 1 N–H and O–H groups in total. The van der Waals surface area contributed by atoms with E-state index in [0.717, 1.165) is 24.8 Å². The highest BCUT2D eigenvalue weighted by atomic mass is 32.2. The van der Waals surface area contributed by atoms with Crippen LogP contribution in [-0.2, 0) is 20.5 Å². The van der Waals surface area contributed by atoms with Gasteiger partial charge in [-0.3, -0.25) is 10.1 Å². The first-order valence-electron chi connectivity index (χ1n) is 9.37. The van der Waals surface area contributed by atoms with E-state index in [4.69, 9.17) is 9.47 Å². The summed E-state index contributed by atoms with van der Waals surface area (Å²) in [6.07, 6.45) is 3.29. The molecule has 0 aromatic heterocycles. The maximum atomic E-state index is 12.8. The molecule has 1 fully saturated rings. The Labute approximate surface area is 163 Å². The van der Waals surface area contributed by atoms with Gasteiger partial charge in [0, 0.05) is 4.92 Å². The summed E-state index contributed by atoms with van der Waals surface area (Å²) >= 11 is 0. The summed E-state index contributed by atoms with van der Waals surface area (Å²) in [4.78, 5) is 12.3. The minimum atomic E-state index is -1.56. The van der Waals surface area contributed by atoms with E-state index in [1.807, 2.05) is 19.1 Å². The van der Waals surface area contributed by atoms with Gasteiger partial charge in [0.15, 0.2) is 5.79 Å². The van der Waals surface area contributed by atoms with E-state index in [2.05, 4.69) is 11.6 Å². The molecule has 1 aliphatic heterocycles. The molecule has 2 unspecified atom stereocenters. The van der Waals surface area contributed by atoms with Crippen LogP contribution in [0.2, 0.25) is 0 Å². The largest absolute Gasteiger partial charge is 0.343 e. The van der Waals surface area contributed by atoms with Gasteiger partial charge in [-0.25, -0.2) is 8.93 Å². The number of benzene rings is 1. The molecule has 2 rings (SSSR count). The highest BCUT2D eigenvalue weighted by Gasteiger charge is 2.56. The van der Waals surface area contributed by atoms with Crippen LogP contribution in [0.15, 0.2) is 29.2 Å². The third kappa shape index (κ3) is 5.57. The van der Waals surface area contributed by atoms with Gasteiger partial charge in [0.1, 0.15) is 24.2 Å². The minimum Gasteiger partial charge on any atom is -0.343 e. The quantitative estimate of drug-likeness (QED) is 0.391. The van der Waals surface area contributed by atoms with E-state index >= 15 is 0 Å². The normalized spacial score (nSPS) is 20.7. The average Bonchev–Trinajstić information content (AvgIpc) is 2.61. The summed E-state index contributed by atoms with van der Waals surface area (Å²) in [7, 11) is -1.56. The fourth-order valence-electron chi connectivity index (χ4n) is 3.01. The van der Waals surface area contributed by atoms with Crippen molar-refractivity contribution in [3.05, 3.63) is 39.9 Å². The van der Waals surface area contributed by atoms with E-state index in [1.165, 1.54) is 0 Å². The second-order valence-corrected chi connectivity index (χ2v) is 8.83. The van der Waals surface area contributed by atoms with Gasteiger partial charge in [0.05, 0.1) is 10.9 Å². The van der Waals surface area contributed by atoms with Crippen molar-refractivity contribution in [3.63, 3.8) is 0 Å². The van der Waals surface area contributed by atoms with Crippen LogP contribution in [0.4, 0.5) is 0 Å². The molecule has 0 spiro atoms. The summed E-state index contributed by atoms with van der Waals surface area (Å²) in [5, 5.41) is 12.0. The molecule has 1 aliphatic rings. The number of nitrogens with one attached hydrogen (secondary N) is 1. The second-order valence-electron chi connectivity index (χ2n) is 7.59. The Balaban J connectivity index is 2.24. The second kappa shape index (κ2) is 9.23. The Morgan fingerprint density at radius 1 is 1.22 bits per heavy atom. The molecule has 0 saturated carbocycles. The highest BCUT2D eigenvalue weighted by Crippen LogP contribution is 2.31. The predicted molar refractivity (Wildman–Crippen MR) is 104 cm³/mol. The number of rotatable bonds is 9. The molecule has 1 heterocycles. The maximum Gasteiger partial charge on any atom is 0.283 e. The Hall–Kier alpha value is -1.35. The Morgan fingerprint density at radius 2 is 1.81 bits per heavy atom. The number of hydrogen-bond donors (Lipinski definition) is 1. The van der Waals surface area contributed by atoms with Crippen molar-refractivity contribution in [3.8, 4) is 0 Å². The molecule has 0 amide bonds. The van der Waals surface area contributed by atoms with E-state index < -0.39 is 28.4 Å². The fourth-order valence-corrected chi connectivity index (χ4v) is 4.12. The van der Waals surface area contributed by atoms with Crippen molar-refractivity contribution in [2.45, 2.75) is 75.6 Å². The van der Waals surface area contributed by atoms with Crippen molar-refractivity contribution in [1.82, 2.24) is 4.72 Å². The number of nitrogens with zero attached hydrogens (tertiary/aromatic N) is 1. The van der Waals surface area contributed by atoms with Crippen molar-refractivity contribution < 1.29 is 18.6 Å². The zero-order valence-electron chi connectivity index (χ0n) is 16.5. The molecule has 1 saturated heterocycles. The maximum absolute atomic E-state index is 12.8. The molecule has 8 heteroatoms. The van der Waals surface area contributed by atoms with Gasteiger partial charge in [0.25, 0.3) is 5.54 Å². The Kier molecular flexibility index (Phi) is 7.50. The Morgan fingerprint density at radius 3 is 2.33 bits per heavy atom. The van der Waals surface area contributed by atoms with Crippen LogP contribution in [0.5, 0.6) is 0 Å². The zero-order chi connectivity index (χ0) is 20.1. The molecule has 0 bridgehead atoms. The fraction of sp³-hybridized carbons (Fsp3) is 0.684. The number of ether oxygens (including phenoxy) is 2. The lowest BCUT2D eigenvalue weighted by molar-refractivity contribution is -0.600. The molecule has 1 aromatic carbocycles. The van der Waals surface area contributed by atoms with E-state index in [9.17, 15) is 14.3 Å². The molecular formula is C19H30N2O5S. The third-order valence-electron chi connectivity index (χ3n) is 4.93. The average molecular weight is 399 g/mol. The molecule has 27 heavy (non-hydrogen) atoms. The molecule has 152 valence electrons.